The third kappa shape index (κ3) is 3.38. The van der Waals surface area contributed by atoms with Crippen molar-refractivity contribution in [3.05, 3.63) is 28.0 Å². The summed E-state index contributed by atoms with van der Waals surface area (Å²) in [5.41, 5.74) is 2.26. The number of aromatic amines is 1. The van der Waals surface area contributed by atoms with Crippen LogP contribution in [-0.2, 0) is 6.54 Å². The number of nitrogens with zero attached hydrogens (tertiary/aromatic N) is 2. The molecule has 1 heterocycles. The Kier molecular flexibility index (Phi) is 4.04. The van der Waals surface area contributed by atoms with E-state index in [4.69, 9.17) is 23.8 Å². The van der Waals surface area contributed by atoms with E-state index in [0.29, 0.717) is 0 Å². The molecule has 0 bridgehead atoms. The van der Waals surface area contributed by atoms with Gasteiger partial charge in [0, 0.05) is 18.1 Å². The number of imidazole rings is 1. The smallest absolute Gasteiger partial charge is 0.178 e. The van der Waals surface area contributed by atoms with Crippen LogP contribution in [0.5, 0.6) is 0 Å². The Morgan fingerprint density at radius 3 is 2.68 bits per heavy atom. The summed E-state index contributed by atoms with van der Waals surface area (Å²) in [4.78, 5) is 5.43. The Balaban J connectivity index is 2.40. The van der Waals surface area contributed by atoms with E-state index in [-0.39, 0.29) is 5.41 Å². The monoisotopic (exact) mass is 297 g/mol. The molecule has 0 amide bonds. The van der Waals surface area contributed by atoms with E-state index in [1.165, 1.54) is 0 Å². The summed E-state index contributed by atoms with van der Waals surface area (Å²) in [5.74, 6) is 0. The second kappa shape index (κ2) is 5.27. The highest BCUT2D eigenvalue weighted by molar-refractivity contribution is 7.71. The van der Waals surface area contributed by atoms with Gasteiger partial charge in [-0.3, -0.25) is 0 Å². The fourth-order valence-electron chi connectivity index (χ4n) is 2.63. The van der Waals surface area contributed by atoms with Crippen molar-refractivity contribution in [1.29, 1.82) is 0 Å². The molecule has 3 nitrogen and oxygen atoms in total. The van der Waals surface area contributed by atoms with Crippen molar-refractivity contribution in [2.75, 3.05) is 20.6 Å². The molecule has 5 heteroatoms. The van der Waals surface area contributed by atoms with Gasteiger partial charge in [-0.05, 0) is 49.9 Å². The molecule has 2 aromatic rings. The van der Waals surface area contributed by atoms with Crippen molar-refractivity contribution in [3.8, 4) is 0 Å². The number of fused-ring (bicyclic) bond motifs is 1. The number of rotatable bonds is 4. The number of hydrogen-bond acceptors (Lipinski definition) is 2. The van der Waals surface area contributed by atoms with Crippen LogP contribution in [0.3, 0.4) is 0 Å². The fourth-order valence-corrected chi connectivity index (χ4v) is 3.07. The van der Waals surface area contributed by atoms with Crippen LogP contribution in [0.2, 0.25) is 5.02 Å². The number of aromatic nitrogens is 2. The Morgan fingerprint density at radius 2 is 2.05 bits per heavy atom. The van der Waals surface area contributed by atoms with Gasteiger partial charge in [-0.15, -0.1) is 0 Å². The van der Waals surface area contributed by atoms with Gasteiger partial charge < -0.3 is 14.5 Å². The lowest BCUT2D eigenvalue weighted by Gasteiger charge is -2.28. The molecule has 0 aliphatic carbocycles. The number of benzene rings is 1. The van der Waals surface area contributed by atoms with Gasteiger partial charge >= 0.3 is 0 Å². The van der Waals surface area contributed by atoms with Crippen LogP contribution in [0.25, 0.3) is 11.0 Å². The molecule has 104 valence electrons. The highest BCUT2D eigenvalue weighted by atomic mass is 35.5. The van der Waals surface area contributed by atoms with Gasteiger partial charge in [-0.2, -0.15) is 0 Å². The van der Waals surface area contributed by atoms with Gasteiger partial charge in [0.05, 0.1) is 11.0 Å². The van der Waals surface area contributed by atoms with E-state index in [9.17, 15) is 0 Å². The Hall–Kier alpha value is -0.840. The normalized spacial score (nSPS) is 12.5. The second-order valence-electron chi connectivity index (χ2n) is 6.08. The molecule has 0 fully saturated rings. The molecule has 0 radical (unpaired) electrons. The molecule has 1 N–H and O–H groups in total. The lowest BCUT2D eigenvalue weighted by Crippen LogP contribution is -2.32. The Morgan fingerprint density at radius 1 is 1.37 bits per heavy atom. The predicted molar refractivity (Wildman–Crippen MR) is 84.5 cm³/mol. The first-order valence-corrected chi connectivity index (χ1v) is 7.10. The zero-order valence-electron chi connectivity index (χ0n) is 11.8. The van der Waals surface area contributed by atoms with Gasteiger partial charge in [-0.1, -0.05) is 25.4 Å². The van der Waals surface area contributed by atoms with E-state index >= 15 is 0 Å². The van der Waals surface area contributed by atoms with Crippen LogP contribution in [0, 0.1) is 10.2 Å². The maximum Gasteiger partial charge on any atom is 0.178 e. The maximum atomic E-state index is 6.01. The lowest BCUT2D eigenvalue weighted by atomic mass is 9.93. The van der Waals surface area contributed by atoms with Crippen molar-refractivity contribution in [2.45, 2.75) is 20.4 Å². The number of H-pyrrole nitrogens is 1. The predicted octanol–water partition coefficient (Wildman–Crippen LogP) is 3.94. The summed E-state index contributed by atoms with van der Waals surface area (Å²) < 4.78 is 2.91. The van der Waals surface area contributed by atoms with Gasteiger partial charge in [0.1, 0.15) is 0 Å². The summed E-state index contributed by atoms with van der Waals surface area (Å²) in [5, 5.41) is 0.725. The fraction of sp³-hybridized carbons (Fsp3) is 0.500. The van der Waals surface area contributed by atoms with Crippen LogP contribution in [-0.4, -0.2) is 35.1 Å². The maximum absolute atomic E-state index is 6.01. The third-order valence-electron chi connectivity index (χ3n) is 3.07. The van der Waals surface area contributed by atoms with E-state index in [1.54, 1.807) is 0 Å². The minimum Gasteiger partial charge on any atom is -0.331 e. The lowest BCUT2D eigenvalue weighted by molar-refractivity contribution is 0.212. The molecule has 1 aromatic heterocycles. The Labute approximate surface area is 124 Å². The van der Waals surface area contributed by atoms with Crippen molar-refractivity contribution in [2.24, 2.45) is 5.41 Å². The first kappa shape index (κ1) is 14.6. The van der Waals surface area contributed by atoms with Gasteiger partial charge in [0.15, 0.2) is 4.77 Å². The minimum atomic E-state index is 0.149. The summed E-state index contributed by atoms with van der Waals surface area (Å²) in [6.07, 6.45) is 0. The second-order valence-corrected chi connectivity index (χ2v) is 6.90. The van der Waals surface area contributed by atoms with Crippen molar-refractivity contribution in [3.63, 3.8) is 0 Å². The number of halogens is 1. The Bertz CT molecular complexity index is 640. The summed E-state index contributed by atoms with van der Waals surface area (Å²) in [6, 6.07) is 5.85. The molecule has 0 aliphatic heterocycles. The topological polar surface area (TPSA) is 24.0 Å². The molecular formula is C14H20ClN3S. The highest BCUT2D eigenvalue weighted by Crippen LogP contribution is 2.24. The minimum absolute atomic E-state index is 0.149. The van der Waals surface area contributed by atoms with Crippen molar-refractivity contribution >= 4 is 34.9 Å². The average Bonchev–Trinajstić information content (AvgIpc) is 2.52. The van der Waals surface area contributed by atoms with E-state index in [1.807, 2.05) is 18.2 Å². The van der Waals surface area contributed by atoms with E-state index in [0.717, 1.165) is 33.9 Å². The molecule has 0 aliphatic rings. The van der Waals surface area contributed by atoms with Crippen molar-refractivity contribution < 1.29 is 0 Å². The highest BCUT2D eigenvalue weighted by Gasteiger charge is 2.21. The number of nitrogens with one attached hydrogen (secondary N) is 1. The standard InChI is InChI=1S/C14H20ClN3S/c1-14(2,8-17(3)4)9-18-12-6-5-10(15)7-11(12)16-13(18)19/h5-7H,8-9H2,1-4H3,(H,16,19). The zero-order chi connectivity index (χ0) is 14.2. The molecule has 1 aromatic carbocycles. The molecule has 2 rings (SSSR count). The van der Waals surface area contributed by atoms with Crippen molar-refractivity contribution in [1.82, 2.24) is 14.5 Å². The molecule has 0 saturated heterocycles. The van der Waals surface area contributed by atoms with Crippen LogP contribution >= 0.6 is 23.8 Å². The first-order valence-electron chi connectivity index (χ1n) is 6.31. The molecular weight excluding hydrogens is 278 g/mol. The summed E-state index contributed by atoms with van der Waals surface area (Å²) in [6.45, 7) is 6.40. The average molecular weight is 298 g/mol. The molecule has 0 saturated carbocycles. The third-order valence-corrected chi connectivity index (χ3v) is 3.62. The van der Waals surface area contributed by atoms with Crippen LogP contribution in [0.15, 0.2) is 18.2 Å². The first-order chi connectivity index (χ1) is 8.78. The van der Waals surface area contributed by atoms with Gasteiger partial charge in [-0.25, -0.2) is 0 Å². The summed E-state index contributed by atoms with van der Waals surface area (Å²) >= 11 is 11.4. The van der Waals surface area contributed by atoms with Crippen LogP contribution in [0.1, 0.15) is 13.8 Å². The molecule has 0 unspecified atom stereocenters. The molecule has 0 spiro atoms. The largest absolute Gasteiger partial charge is 0.331 e. The van der Waals surface area contributed by atoms with Crippen LogP contribution < -0.4 is 0 Å². The molecule has 19 heavy (non-hydrogen) atoms. The summed E-state index contributed by atoms with van der Waals surface area (Å²) in [7, 11) is 4.19. The van der Waals surface area contributed by atoms with E-state index < -0.39 is 0 Å². The molecule has 0 atom stereocenters. The van der Waals surface area contributed by atoms with E-state index in [2.05, 4.69) is 42.4 Å². The SMILES string of the molecule is CN(C)CC(C)(C)Cn1c(=S)[nH]c2cc(Cl)ccc21. The quantitative estimate of drug-likeness (QED) is 0.864. The number of hydrogen-bond donors (Lipinski definition) is 1. The van der Waals surface area contributed by atoms with Gasteiger partial charge in [0.25, 0.3) is 0 Å². The van der Waals surface area contributed by atoms with Gasteiger partial charge in [0.2, 0.25) is 0 Å². The van der Waals surface area contributed by atoms with Crippen LogP contribution in [0.4, 0.5) is 0 Å². The zero-order valence-corrected chi connectivity index (χ0v) is 13.4.